The Balaban J connectivity index is 1.22. The zero-order chi connectivity index (χ0) is 16.9. The number of fused-ring (bicyclic) bond motifs is 3. The number of aromatic nitrogens is 1. The van der Waals surface area contributed by atoms with Crippen LogP contribution in [0.25, 0.3) is 11.0 Å². The lowest BCUT2D eigenvalue weighted by molar-refractivity contribution is -0.120. The molecule has 1 aromatic heterocycles. The molecule has 1 amide bonds. The maximum Gasteiger partial charge on any atom is 0.226 e. The highest BCUT2D eigenvalue weighted by atomic mass is 16.5. The van der Waals surface area contributed by atoms with Crippen molar-refractivity contribution in [2.45, 2.75) is 31.1 Å². The monoisotopic (exact) mass is 332 g/mol. The van der Waals surface area contributed by atoms with E-state index in [1.807, 2.05) is 24.3 Å². The van der Waals surface area contributed by atoms with E-state index >= 15 is 0 Å². The Hall–Kier alpha value is -2.62. The Morgan fingerprint density at radius 3 is 3.00 bits per heavy atom. The number of amides is 1. The summed E-state index contributed by atoms with van der Waals surface area (Å²) in [6.45, 7) is 0.753. The SMILES string of the molecule is O=C(Cc1noc2ccccc12)NC[C@@H]1C[C@@]12CCc1ccccc12. The first kappa shape index (κ1) is 14.7. The topological polar surface area (TPSA) is 55.1 Å². The second-order valence-corrected chi connectivity index (χ2v) is 7.32. The summed E-state index contributed by atoms with van der Waals surface area (Å²) in [4.78, 5) is 12.3. The Kier molecular flexibility index (Phi) is 3.20. The first-order valence-corrected chi connectivity index (χ1v) is 8.95. The molecule has 2 atom stereocenters. The number of rotatable bonds is 4. The largest absolute Gasteiger partial charge is 0.356 e. The summed E-state index contributed by atoms with van der Waals surface area (Å²) < 4.78 is 5.27. The van der Waals surface area contributed by atoms with Crippen LogP contribution in [0.4, 0.5) is 0 Å². The van der Waals surface area contributed by atoms with Crippen LogP contribution in [0, 0.1) is 5.92 Å². The number of hydrogen-bond donors (Lipinski definition) is 1. The first-order chi connectivity index (χ1) is 12.3. The third kappa shape index (κ3) is 2.36. The Labute approximate surface area is 146 Å². The van der Waals surface area contributed by atoms with Gasteiger partial charge in [0, 0.05) is 17.3 Å². The minimum atomic E-state index is 0.0207. The van der Waals surface area contributed by atoms with Crippen LogP contribution in [0.1, 0.15) is 29.7 Å². The number of hydrogen-bond acceptors (Lipinski definition) is 3. The molecular formula is C21H20N2O2. The van der Waals surface area contributed by atoms with Crippen molar-refractivity contribution < 1.29 is 9.32 Å². The zero-order valence-electron chi connectivity index (χ0n) is 14.0. The maximum atomic E-state index is 12.3. The quantitative estimate of drug-likeness (QED) is 0.797. The lowest BCUT2D eigenvalue weighted by Crippen LogP contribution is -2.29. The summed E-state index contributed by atoms with van der Waals surface area (Å²) >= 11 is 0. The number of para-hydroxylation sites is 1. The van der Waals surface area contributed by atoms with E-state index in [1.165, 1.54) is 30.4 Å². The lowest BCUT2D eigenvalue weighted by atomic mass is 9.95. The highest BCUT2D eigenvalue weighted by molar-refractivity contribution is 5.86. The van der Waals surface area contributed by atoms with Gasteiger partial charge in [0.25, 0.3) is 0 Å². The molecule has 1 spiro atoms. The summed E-state index contributed by atoms with van der Waals surface area (Å²) in [6.07, 6.45) is 3.86. The molecule has 1 N–H and O–H groups in total. The zero-order valence-corrected chi connectivity index (χ0v) is 14.0. The predicted molar refractivity (Wildman–Crippen MR) is 95.3 cm³/mol. The van der Waals surface area contributed by atoms with E-state index in [2.05, 4.69) is 34.7 Å². The molecule has 3 aromatic rings. The molecule has 0 radical (unpaired) electrons. The molecule has 1 saturated carbocycles. The van der Waals surface area contributed by atoms with Crippen molar-refractivity contribution in [3.8, 4) is 0 Å². The van der Waals surface area contributed by atoms with Crippen LogP contribution in [0.3, 0.4) is 0 Å². The standard InChI is InChI=1S/C21H20N2O2/c24-20(11-18-16-6-2-4-8-19(16)25-23-18)22-13-15-12-21(15)10-9-14-5-1-3-7-17(14)21/h1-8,15H,9-13H2,(H,22,24)/t15-,21-/m0/s1. The molecule has 1 fully saturated rings. The summed E-state index contributed by atoms with van der Waals surface area (Å²) in [7, 11) is 0. The van der Waals surface area contributed by atoms with Gasteiger partial charge in [0.05, 0.1) is 6.42 Å². The third-order valence-electron chi connectivity index (χ3n) is 5.95. The number of aryl methyl sites for hydroxylation is 1. The fourth-order valence-corrected chi connectivity index (χ4v) is 4.52. The van der Waals surface area contributed by atoms with Crippen molar-refractivity contribution in [1.82, 2.24) is 10.5 Å². The Morgan fingerprint density at radius 1 is 1.20 bits per heavy atom. The average Bonchev–Trinajstić information content (AvgIpc) is 3.00. The van der Waals surface area contributed by atoms with E-state index < -0.39 is 0 Å². The fraction of sp³-hybridized carbons (Fsp3) is 0.333. The van der Waals surface area contributed by atoms with Crippen molar-refractivity contribution in [3.63, 3.8) is 0 Å². The minimum Gasteiger partial charge on any atom is -0.356 e. The van der Waals surface area contributed by atoms with Gasteiger partial charge >= 0.3 is 0 Å². The number of carbonyl (C=O) groups excluding carboxylic acids is 1. The lowest BCUT2D eigenvalue weighted by Gasteiger charge is -2.12. The van der Waals surface area contributed by atoms with Crippen LogP contribution in [0.5, 0.6) is 0 Å². The van der Waals surface area contributed by atoms with E-state index in [0.717, 1.165) is 17.5 Å². The van der Waals surface area contributed by atoms with Gasteiger partial charge in [-0.1, -0.05) is 41.6 Å². The van der Waals surface area contributed by atoms with E-state index in [1.54, 1.807) is 0 Å². The van der Waals surface area contributed by atoms with E-state index in [9.17, 15) is 4.79 Å². The van der Waals surface area contributed by atoms with Gasteiger partial charge in [-0.05, 0) is 48.4 Å². The van der Waals surface area contributed by atoms with Crippen LogP contribution in [-0.4, -0.2) is 17.6 Å². The molecular weight excluding hydrogens is 312 g/mol. The molecule has 0 aliphatic heterocycles. The molecule has 1 heterocycles. The van der Waals surface area contributed by atoms with Gasteiger partial charge in [-0.15, -0.1) is 0 Å². The molecule has 2 aromatic carbocycles. The van der Waals surface area contributed by atoms with Gasteiger partial charge in [0.15, 0.2) is 5.58 Å². The van der Waals surface area contributed by atoms with Gasteiger partial charge in [0.2, 0.25) is 5.91 Å². The molecule has 4 heteroatoms. The maximum absolute atomic E-state index is 12.3. The molecule has 0 saturated heterocycles. The van der Waals surface area contributed by atoms with Crippen molar-refractivity contribution in [2.24, 2.45) is 5.92 Å². The summed E-state index contributed by atoms with van der Waals surface area (Å²) in [5.41, 5.74) is 4.77. The second kappa shape index (κ2) is 5.45. The fourth-order valence-electron chi connectivity index (χ4n) is 4.52. The molecule has 5 rings (SSSR count). The van der Waals surface area contributed by atoms with Crippen molar-refractivity contribution in [2.75, 3.05) is 6.54 Å². The van der Waals surface area contributed by atoms with Gasteiger partial charge in [-0.3, -0.25) is 4.79 Å². The average molecular weight is 332 g/mol. The van der Waals surface area contributed by atoms with Crippen LogP contribution in [0.15, 0.2) is 53.1 Å². The Morgan fingerprint density at radius 2 is 2.04 bits per heavy atom. The van der Waals surface area contributed by atoms with Crippen LogP contribution in [0.2, 0.25) is 0 Å². The van der Waals surface area contributed by atoms with Crippen LogP contribution >= 0.6 is 0 Å². The van der Waals surface area contributed by atoms with Crippen LogP contribution in [-0.2, 0) is 23.1 Å². The van der Waals surface area contributed by atoms with E-state index in [0.29, 0.717) is 17.0 Å². The van der Waals surface area contributed by atoms with Crippen molar-refractivity contribution in [3.05, 3.63) is 65.4 Å². The first-order valence-electron chi connectivity index (χ1n) is 8.95. The smallest absolute Gasteiger partial charge is 0.226 e. The van der Waals surface area contributed by atoms with E-state index in [-0.39, 0.29) is 12.3 Å². The van der Waals surface area contributed by atoms with Crippen molar-refractivity contribution >= 4 is 16.9 Å². The number of nitrogens with zero attached hydrogens (tertiary/aromatic N) is 1. The minimum absolute atomic E-state index is 0.0207. The van der Waals surface area contributed by atoms with Crippen molar-refractivity contribution in [1.29, 1.82) is 0 Å². The molecule has 25 heavy (non-hydrogen) atoms. The molecule has 4 nitrogen and oxygen atoms in total. The summed E-state index contributed by atoms with van der Waals surface area (Å²) in [5, 5.41) is 8.07. The van der Waals surface area contributed by atoms with Crippen LogP contribution < -0.4 is 5.32 Å². The number of benzene rings is 2. The normalized spacial score (nSPS) is 23.8. The van der Waals surface area contributed by atoms with Gasteiger partial charge in [-0.2, -0.15) is 0 Å². The van der Waals surface area contributed by atoms with E-state index in [4.69, 9.17) is 4.52 Å². The van der Waals surface area contributed by atoms with Gasteiger partial charge < -0.3 is 9.84 Å². The molecule has 0 unspecified atom stereocenters. The predicted octanol–water partition coefficient (Wildman–Crippen LogP) is 3.39. The molecule has 2 aliphatic rings. The molecule has 126 valence electrons. The highest BCUT2D eigenvalue weighted by Crippen LogP contribution is 2.61. The van der Waals surface area contributed by atoms with Gasteiger partial charge in [0.1, 0.15) is 5.69 Å². The number of nitrogens with one attached hydrogen (secondary N) is 1. The third-order valence-corrected chi connectivity index (χ3v) is 5.95. The second-order valence-electron chi connectivity index (χ2n) is 7.32. The Bertz CT molecular complexity index is 961. The molecule has 0 bridgehead atoms. The summed E-state index contributed by atoms with van der Waals surface area (Å²) in [5.74, 6) is 0.585. The van der Waals surface area contributed by atoms with Gasteiger partial charge in [-0.25, -0.2) is 0 Å². The number of carbonyl (C=O) groups is 1. The molecule has 2 aliphatic carbocycles. The summed E-state index contributed by atoms with van der Waals surface area (Å²) in [6, 6.07) is 16.4. The highest BCUT2D eigenvalue weighted by Gasteiger charge is 2.57.